The highest BCUT2D eigenvalue weighted by Crippen LogP contribution is 2.41. The summed E-state index contributed by atoms with van der Waals surface area (Å²) in [7, 11) is 0. The molecule has 4 rings (SSSR count). The number of amides is 1. The molecular formula is C28H27BrClNO3. The molecule has 1 aliphatic heterocycles. The lowest BCUT2D eigenvalue weighted by Gasteiger charge is -2.19. The molecule has 0 fully saturated rings. The predicted octanol–water partition coefficient (Wildman–Crippen LogP) is 7.62. The van der Waals surface area contributed by atoms with Gasteiger partial charge in [-0.25, -0.2) is 0 Å². The van der Waals surface area contributed by atoms with E-state index in [1.807, 2.05) is 78.6 Å². The zero-order chi connectivity index (χ0) is 24.2. The number of hydrogen-bond acceptors (Lipinski definition) is 3. The average Bonchev–Trinajstić information content (AvgIpc) is 3.04. The molecule has 1 amide bonds. The summed E-state index contributed by atoms with van der Waals surface area (Å²) in [5.74, 6) is 1.61. The van der Waals surface area contributed by atoms with Gasteiger partial charge in [-0.1, -0.05) is 55.8 Å². The number of hydrogen-bond donors (Lipinski definition) is 0. The molecule has 0 aromatic heterocycles. The van der Waals surface area contributed by atoms with Crippen molar-refractivity contribution in [2.45, 2.75) is 27.4 Å². The zero-order valence-electron chi connectivity index (χ0n) is 19.5. The van der Waals surface area contributed by atoms with Crippen molar-refractivity contribution in [3.05, 3.63) is 86.8 Å². The van der Waals surface area contributed by atoms with Gasteiger partial charge in [0.2, 0.25) is 0 Å². The van der Waals surface area contributed by atoms with E-state index < -0.39 is 0 Å². The van der Waals surface area contributed by atoms with Crippen LogP contribution in [0.5, 0.6) is 11.5 Å². The van der Waals surface area contributed by atoms with Gasteiger partial charge < -0.3 is 14.4 Å². The maximum atomic E-state index is 13.3. The number of carbonyl (C=O) groups is 1. The number of carbonyl (C=O) groups excluding carboxylic acids is 1. The largest absolute Gasteiger partial charge is 0.490 e. The second-order valence-electron chi connectivity index (χ2n) is 8.57. The van der Waals surface area contributed by atoms with Crippen LogP contribution in [0.2, 0.25) is 5.02 Å². The number of ether oxygens (including phenoxy) is 2. The summed E-state index contributed by atoms with van der Waals surface area (Å²) in [4.78, 5) is 15.2. The quantitative estimate of drug-likeness (QED) is 0.276. The molecule has 6 heteroatoms. The zero-order valence-corrected chi connectivity index (χ0v) is 21.8. The SMILES string of the molecule is CCOc1cc(/C=C2\C(=O)N(CC(C)C)c3ccccc32)cc(Br)c1OCc1cccc(Cl)c1. The lowest BCUT2D eigenvalue weighted by atomic mass is 10.0. The average molecular weight is 541 g/mol. The molecule has 0 radical (unpaired) electrons. The van der Waals surface area contributed by atoms with E-state index in [0.717, 1.165) is 26.9 Å². The molecule has 0 aliphatic carbocycles. The maximum Gasteiger partial charge on any atom is 0.259 e. The summed E-state index contributed by atoms with van der Waals surface area (Å²) in [6.45, 7) is 7.69. The summed E-state index contributed by atoms with van der Waals surface area (Å²) in [6, 6.07) is 19.4. The minimum absolute atomic E-state index is 0.0188. The van der Waals surface area contributed by atoms with E-state index in [9.17, 15) is 4.79 Å². The molecule has 176 valence electrons. The second-order valence-corrected chi connectivity index (χ2v) is 9.86. The van der Waals surface area contributed by atoms with Gasteiger partial charge in [-0.15, -0.1) is 0 Å². The Labute approximate surface area is 214 Å². The minimum Gasteiger partial charge on any atom is -0.490 e. The van der Waals surface area contributed by atoms with Crippen molar-refractivity contribution in [3.63, 3.8) is 0 Å². The number of nitrogens with zero attached hydrogens (tertiary/aromatic N) is 1. The fraction of sp³-hybridized carbons (Fsp3) is 0.250. The second kappa shape index (κ2) is 10.7. The first kappa shape index (κ1) is 24.4. The summed E-state index contributed by atoms with van der Waals surface area (Å²) < 4.78 is 12.8. The summed E-state index contributed by atoms with van der Waals surface area (Å²) in [5, 5.41) is 0.667. The minimum atomic E-state index is 0.0188. The van der Waals surface area contributed by atoms with E-state index >= 15 is 0 Å². The van der Waals surface area contributed by atoms with Gasteiger partial charge in [0.05, 0.1) is 16.8 Å². The first-order valence-electron chi connectivity index (χ1n) is 11.3. The van der Waals surface area contributed by atoms with Crippen molar-refractivity contribution in [3.8, 4) is 11.5 Å². The van der Waals surface area contributed by atoms with Crippen LogP contribution in [0.3, 0.4) is 0 Å². The summed E-state index contributed by atoms with van der Waals surface area (Å²) in [6.07, 6.45) is 1.93. The van der Waals surface area contributed by atoms with Crippen LogP contribution in [0, 0.1) is 5.92 Å². The lowest BCUT2D eigenvalue weighted by molar-refractivity contribution is -0.113. The van der Waals surface area contributed by atoms with Crippen molar-refractivity contribution < 1.29 is 14.3 Å². The molecule has 0 bridgehead atoms. The lowest BCUT2D eigenvalue weighted by Crippen LogP contribution is -2.30. The van der Waals surface area contributed by atoms with E-state index in [2.05, 4.69) is 29.8 Å². The molecule has 1 aliphatic rings. The Morgan fingerprint density at radius 1 is 1.06 bits per heavy atom. The molecule has 1 heterocycles. The van der Waals surface area contributed by atoms with Crippen LogP contribution in [0.4, 0.5) is 5.69 Å². The van der Waals surface area contributed by atoms with Crippen molar-refractivity contribution in [2.24, 2.45) is 5.92 Å². The van der Waals surface area contributed by atoms with Gasteiger partial charge in [0.25, 0.3) is 5.91 Å². The van der Waals surface area contributed by atoms with E-state index in [0.29, 0.717) is 47.8 Å². The van der Waals surface area contributed by atoms with Gasteiger partial charge in [0.1, 0.15) is 6.61 Å². The smallest absolute Gasteiger partial charge is 0.259 e. The summed E-state index contributed by atoms with van der Waals surface area (Å²) >= 11 is 9.74. The van der Waals surface area contributed by atoms with Crippen molar-refractivity contribution in [1.29, 1.82) is 0 Å². The molecule has 0 atom stereocenters. The van der Waals surface area contributed by atoms with E-state index in [-0.39, 0.29) is 5.91 Å². The van der Waals surface area contributed by atoms with Crippen LogP contribution < -0.4 is 14.4 Å². The van der Waals surface area contributed by atoms with Crippen LogP contribution in [-0.4, -0.2) is 19.1 Å². The fourth-order valence-electron chi connectivity index (χ4n) is 4.02. The Kier molecular flexibility index (Phi) is 7.64. The molecule has 3 aromatic carbocycles. The maximum absolute atomic E-state index is 13.3. The molecule has 34 heavy (non-hydrogen) atoms. The van der Waals surface area contributed by atoms with Gasteiger partial charge in [0.15, 0.2) is 11.5 Å². The van der Waals surface area contributed by atoms with Crippen LogP contribution in [0.25, 0.3) is 11.6 Å². The third kappa shape index (κ3) is 5.31. The highest BCUT2D eigenvalue weighted by Gasteiger charge is 2.32. The monoisotopic (exact) mass is 539 g/mol. The number of halogens is 2. The molecule has 0 spiro atoms. The van der Waals surface area contributed by atoms with Gasteiger partial charge in [-0.2, -0.15) is 0 Å². The molecule has 0 N–H and O–H groups in total. The topological polar surface area (TPSA) is 38.8 Å². The summed E-state index contributed by atoms with van der Waals surface area (Å²) in [5.41, 5.74) is 4.40. The molecule has 3 aromatic rings. The van der Waals surface area contributed by atoms with Gasteiger partial charge >= 0.3 is 0 Å². The number of fused-ring (bicyclic) bond motifs is 1. The van der Waals surface area contributed by atoms with Crippen molar-refractivity contribution in [1.82, 2.24) is 0 Å². The third-order valence-corrected chi connectivity index (χ3v) is 6.25. The Morgan fingerprint density at radius 3 is 2.59 bits per heavy atom. The van der Waals surface area contributed by atoms with Crippen LogP contribution in [0.15, 0.2) is 65.1 Å². The molecular weight excluding hydrogens is 514 g/mol. The predicted molar refractivity (Wildman–Crippen MR) is 143 cm³/mol. The molecule has 4 nitrogen and oxygen atoms in total. The Hall–Kier alpha value is -2.76. The van der Waals surface area contributed by atoms with Gasteiger partial charge in [0, 0.05) is 22.7 Å². The first-order chi connectivity index (χ1) is 16.4. The van der Waals surface area contributed by atoms with Crippen molar-refractivity contribution in [2.75, 3.05) is 18.1 Å². The molecule has 0 saturated carbocycles. The number of rotatable bonds is 8. The van der Waals surface area contributed by atoms with Crippen LogP contribution in [0.1, 0.15) is 37.5 Å². The standard InChI is InChI=1S/C28H27BrClNO3/c1-4-33-26-15-20(14-24(29)27(26)34-17-19-8-7-9-21(30)12-19)13-23-22-10-5-6-11-25(22)31(28(23)32)16-18(2)3/h5-15,18H,4,16-17H2,1-3H3/b23-13-. The fourth-order valence-corrected chi connectivity index (χ4v) is 4.80. The normalized spacial score (nSPS) is 14.1. The first-order valence-corrected chi connectivity index (χ1v) is 12.5. The Bertz CT molecular complexity index is 1240. The molecule has 0 saturated heterocycles. The Balaban J connectivity index is 1.68. The number of anilines is 1. The third-order valence-electron chi connectivity index (χ3n) is 5.42. The number of benzene rings is 3. The van der Waals surface area contributed by atoms with E-state index in [4.69, 9.17) is 21.1 Å². The van der Waals surface area contributed by atoms with E-state index in [1.54, 1.807) is 0 Å². The van der Waals surface area contributed by atoms with Crippen molar-refractivity contribution >= 4 is 50.8 Å². The van der Waals surface area contributed by atoms with E-state index in [1.165, 1.54) is 0 Å². The van der Waals surface area contributed by atoms with Gasteiger partial charge in [-0.3, -0.25) is 4.79 Å². The molecule has 0 unspecified atom stereocenters. The highest BCUT2D eigenvalue weighted by atomic mass is 79.9. The number of para-hydroxylation sites is 1. The highest BCUT2D eigenvalue weighted by molar-refractivity contribution is 9.10. The van der Waals surface area contributed by atoms with Crippen LogP contribution in [-0.2, 0) is 11.4 Å². The van der Waals surface area contributed by atoms with Crippen LogP contribution >= 0.6 is 27.5 Å². The Morgan fingerprint density at radius 2 is 1.85 bits per heavy atom. The van der Waals surface area contributed by atoms with Gasteiger partial charge in [-0.05, 0) is 76.3 Å².